The Hall–Kier alpha value is -0.940. The molecular weight excluding hydrogens is 234 g/mol. The zero-order valence-electron chi connectivity index (χ0n) is 9.76. The number of nitrogens with zero attached hydrogens (tertiary/aromatic N) is 2. The summed E-state index contributed by atoms with van der Waals surface area (Å²) in [4.78, 5) is 18.1. The topological polar surface area (TPSA) is 45.2 Å². The Bertz CT molecular complexity index is 392. The number of hydrogen-bond acceptors (Lipinski definition) is 4. The van der Waals surface area contributed by atoms with Crippen LogP contribution in [0.1, 0.15) is 24.3 Å². The molecular formula is C12H17N3OS. The molecule has 1 N–H and O–H groups in total. The summed E-state index contributed by atoms with van der Waals surface area (Å²) in [6.07, 6.45) is 5.83. The van der Waals surface area contributed by atoms with Crippen LogP contribution in [0.4, 0.5) is 0 Å². The molecule has 2 fully saturated rings. The maximum atomic E-state index is 11.7. The van der Waals surface area contributed by atoms with Crippen molar-refractivity contribution in [2.75, 3.05) is 13.1 Å². The molecule has 2 saturated heterocycles. The van der Waals surface area contributed by atoms with Crippen LogP contribution in [0, 0.1) is 0 Å². The van der Waals surface area contributed by atoms with E-state index in [-0.39, 0.29) is 0 Å². The molecule has 1 amide bonds. The smallest absolute Gasteiger partial charge is 0.224 e. The van der Waals surface area contributed by atoms with E-state index in [0.29, 0.717) is 24.4 Å². The third-order valence-electron chi connectivity index (χ3n) is 3.71. The van der Waals surface area contributed by atoms with E-state index in [1.54, 1.807) is 11.3 Å². The Labute approximate surface area is 105 Å². The van der Waals surface area contributed by atoms with Gasteiger partial charge < -0.3 is 10.2 Å². The lowest BCUT2D eigenvalue weighted by atomic mass is 10.1. The molecule has 92 valence electrons. The van der Waals surface area contributed by atoms with Crippen molar-refractivity contribution in [3.8, 4) is 0 Å². The van der Waals surface area contributed by atoms with Gasteiger partial charge in [0.25, 0.3) is 0 Å². The van der Waals surface area contributed by atoms with E-state index < -0.39 is 0 Å². The Morgan fingerprint density at radius 1 is 1.59 bits per heavy atom. The summed E-state index contributed by atoms with van der Waals surface area (Å²) in [7, 11) is 0. The fourth-order valence-electron chi connectivity index (χ4n) is 2.91. The summed E-state index contributed by atoms with van der Waals surface area (Å²) in [5.74, 6) is 0.333. The first-order valence-corrected chi connectivity index (χ1v) is 7.14. The minimum atomic E-state index is 0.333. The van der Waals surface area contributed by atoms with Crippen LogP contribution in [-0.4, -0.2) is 41.0 Å². The van der Waals surface area contributed by atoms with Crippen molar-refractivity contribution in [1.82, 2.24) is 15.2 Å². The van der Waals surface area contributed by atoms with Crippen LogP contribution in [-0.2, 0) is 11.2 Å². The highest BCUT2D eigenvalue weighted by Crippen LogP contribution is 2.28. The SMILES string of the molecule is O=C1CC(NCCc2nccs2)C2CCCN12. The predicted molar refractivity (Wildman–Crippen MR) is 67.0 cm³/mol. The summed E-state index contributed by atoms with van der Waals surface area (Å²) in [5.41, 5.74) is 0. The number of amides is 1. The molecule has 17 heavy (non-hydrogen) atoms. The average molecular weight is 251 g/mol. The van der Waals surface area contributed by atoms with E-state index >= 15 is 0 Å². The summed E-state index contributed by atoms with van der Waals surface area (Å²) in [5, 5.41) is 6.70. The van der Waals surface area contributed by atoms with Crippen LogP contribution in [0.2, 0.25) is 0 Å². The lowest BCUT2D eigenvalue weighted by Gasteiger charge is -2.20. The summed E-state index contributed by atoms with van der Waals surface area (Å²) in [6, 6.07) is 0.823. The standard InChI is InChI=1S/C12H17N3OS/c16-12-8-9(10-2-1-6-15(10)12)13-4-3-11-14-5-7-17-11/h5,7,9-10,13H,1-4,6,8H2. The lowest BCUT2D eigenvalue weighted by molar-refractivity contribution is -0.127. The lowest BCUT2D eigenvalue weighted by Crippen LogP contribution is -2.40. The van der Waals surface area contributed by atoms with Crippen LogP contribution >= 0.6 is 11.3 Å². The molecule has 1 aromatic heterocycles. The highest BCUT2D eigenvalue weighted by atomic mass is 32.1. The van der Waals surface area contributed by atoms with Gasteiger partial charge in [-0.2, -0.15) is 0 Å². The second-order valence-electron chi connectivity index (χ2n) is 4.74. The first kappa shape index (κ1) is 11.2. The monoisotopic (exact) mass is 251 g/mol. The van der Waals surface area contributed by atoms with Gasteiger partial charge in [-0.15, -0.1) is 11.3 Å². The van der Waals surface area contributed by atoms with E-state index in [1.807, 2.05) is 11.6 Å². The maximum absolute atomic E-state index is 11.7. The van der Waals surface area contributed by atoms with Crippen LogP contribution in [0.15, 0.2) is 11.6 Å². The maximum Gasteiger partial charge on any atom is 0.224 e. The summed E-state index contributed by atoms with van der Waals surface area (Å²) < 4.78 is 0. The predicted octanol–water partition coefficient (Wildman–Crippen LogP) is 1.04. The minimum Gasteiger partial charge on any atom is -0.338 e. The largest absolute Gasteiger partial charge is 0.338 e. The fraction of sp³-hybridized carbons (Fsp3) is 0.667. The number of thiazole rings is 1. The first-order valence-electron chi connectivity index (χ1n) is 6.26. The van der Waals surface area contributed by atoms with E-state index in [0.717, 1.165) is 19.5 Å². The molecule has 0 saturated carbocycles. The molecule has 0 bridgehead atoms. The van der Waals surface area contributed by atoms with Crippen molar-refractivity contribution in [3.63, 3.8) is 0 Å². The second kappa shape index (κ2) is 4.74. The number of nitrogens with one attached hydrogen (secondary N) is 1. The van der Waals surface area contributed by atoms with Crippen molar-refractivity contribution in [3.05, 3.63) is 16.6 Å². The Morgan fingerprint density at radius 2 is 2.53 bits per heavy atom. The van der Waals surface area contributed by atoms with Gasteiger partial charge in [-0.3, -0.25) is 4.79 Å². The number of fused-ring (bicyclic) bond motifs is 1. The van der Waals surface area contributed by atoms with Gasteiger partial charge >= 0.3 is 0 Å². The van der Waals surface area contributed by atoms with Crippen LogP contribution in [0.3, 0.4) is 0 Å². The zero-order valence-corrected chi connectivity index (χ0v) is 10.6. The van der Waals surface area contributed by atoms with Crippen LogP contribution < -0.4 is 5.32 Å². The van der Waals surface area contributed by atoms with Crippen molar-refractivity contribution in [2.24, 2.45) is 0 Å². The zero-order chi connectivity index (χ0) is 11.7. The third kappa shape index (κ3) is 2.21. The number of aromatic nitrogens is 1. The first-order chi connectivity index (χ1) is 8.34. The van der Waals surface area contributed by atoms with E-state index in [1.165, 1.54) is 17.8 Å². The van der Waals surface area contributed by atoms with Gasteiger partial charge in [0.05, 0.1) is 5.01 Å². The van der Waals surface area contributed by atoms with Gasteiger partial charge in [0.2, 0.25) is 5.91 Å². The van der Waals surface area contributed by atoms with Crippen LogP contribution in [0.25, 0.3) is 0 Å². The molecule has 2 atom stereocenters. The van der Waals surface area contributed by atoms with Crippen molar-refractivity contribution < 1.29 is 4.79 Å². The van der Waals surface area contributed by atoms with Gasteiger partial charge in [0.15, 0.2) is 0 Å². The molecule has 1 aromatic rings. The molecule has 0 spiro atoms. The number of hydrogen-bond donors (Lipinski definition) is 1. The molecule has 3 rings (SSSR count). The molecule has 2 aliphatic rings. The quantitative estimate of drug-likeness (QED) is 0.869. The Kier molecular flexibility index (Phi) is 3.11. The van der Waals surface area contributed by atoms with Gasteiger partial charge in [0, 0.05) is 49.6 Å². The summed E-state index contributed by atoms with van der Waals surface area (Å²) >= 11 is 1.70. The molecule has 2 aliphatic heterocycles. The minimum absolute atomic E-state index is 0.333. The molecule has 0 radical (unpaired) electrons. The fourth-order valence-corrected chi connectivity index (χ4v) is 3.53. The Balaban J connectivity index is 1.51. The second-order valence-corrected chi connectivity index (χ2v) is 5.72. The summed E-state index contributed by atoms with van der Waals surface area (Å²) in [6.45, 7) is 1.89. The number of rotatable bonds is 4. The van der Waals surface area contributed by atoms with Gasteiger partial charge in [0.1, 0.15) is 0 Å². The van der Waals surface area contributed by atoms with E-state index in [2.05, 4.69) is 15.2 Å². The number of carbonyl (C=O) groups is 1. The molecule has 3 heterocycles. The van der Waals surface area contributed by atoms with Gasteiger partial charge in [-0.05, 0) is 12.8 Å². The average Bonchev–Trinajstić information content (AvgIpc) is 3.01. The van der Waals surface area contributed by atoms with Crippen molar-refractivity contribution in [2.45, 2.75) is 37.8 Å². The van der Waals surface area contributed by atoms with Gasteiger partial charge in [-0.1, -0.05) is 0 Å². The Morgan fingerprint density at radius 3 is 3.35 bits per heavy atom. The number of carbonyl (C=O) groups excluding carboxylic acids is 1. The van der Waals surface area contributed by atoms with E-state index in [9.17, 15) is 4.79 Å². The highest BCUT2D eigenvalue weighted by Gasteiger charge is 2.41. The molecule has 0 aromatic carbocycles. The van der Waals surface area contributed by atoms with Crippen molar-refractivity contribution in [1.29, 1.82) is 0 Å². The molecule has 5 heteroatoms. The van der Waals surface area contributed by atoms with Crippen molar-refractivity contribution >= 4 is 17.2 Å². The third-order valence-corrected chi connectivity index (χ3v) is 4.55. The highest BCUT2D eigenvalue weighted by molar-refractivity contribution is 7.09. The molecule has 4 nitrogen and oxygen atoms in total. The van der Waals surface area contributed by atoms with E-state index in [4.69, 9.17) is 0 Å². The van der Waals surface area contributed by atoms with Gasteiger partial charge in [-0.25, -0.2) is 4.98 Å². The molecule has 2 unspecified atom stereocenters. The molecule has 0 aliphatic carbocycles. The van der Waals surface area contributed by atoms with Crippen LogP contribution in [0.5, 0.6) is 0 Å². The normalized spacial score (nSPS) is 27.8.